The molecule has 1 atom stereocenters. The zero-order chi connectivity index (χ0) is 25.5. The average Bonchev–Trinajstić information content (AvgIpc) is 2.93. The number of rotatable bonds is 10. The van der Waals surface area contributed by atoms with Crippen molar-refractivity contribution in [3.63, 3.8) is 0 Å². The van der Waals surface area contributed by atoms with E-state index < -0.39 is 6.04 Å². The van der Waals surface area contributed by atoms with Crippen LogP contribution < -0.4 is 16.0 Å². The summed E-state index contributed by atoms with van der Waals surface area (Å²) >= 11 is 0. The van der Waals surface area contributed by atoms with E-state index in [0.717, 1.165) is 5.56 Å². The second-order valence-corrected chi connectivity index (χ2v) is 8.53. The number of amides is 1. The van der Waals surface area contributed by atoms with Crippen molar-refractivity contribution in [3.05, 3.63) is 106 Å². The molecule has 1 unspecified atom stereocenters. The largest absolute Gasteiger partial charge is 0.481 e. The number of carbonyl (C=O) groups excluding carboxylic acids is 1. The smallest absolute Gasteiger partial charge is 0.261 e. The maximum Gasteiger partial charge on any atom is 0.261 e. The molecule has 1 aromatic carbocycles. The number of pyridine rings is 2. The molecular weight excluding hydrogens is 454 g/mol. The van der Waals surface area contributed by atoms with Gasteiger partial charge in [-0.1, -0.05) is 43.3 Å². The number of hydrogen-bond donors (Lipinski definition) is 1. The molecule has 36 heavy (non-hydrogen) atoms. The van der Waals surface area contributed by atoms with Gasteiger partial charge < -0.3 is 15.4 Å². The van der Waals surface area contributed by atoms with Gasteiger partial charge in [-0.25, -0.2) is 9.97 Å². The quantitative estimate of drug-likeness (QED) is 0.368. The van der Waals surface area contributed by atoms with Crippen molar-refractivity contribution in [2.45, 2.75) is 32.2 Å². The van der Waals surface area contributed by atoms with Crippen molar-refractivity contribution < 1.29 is 9.53 Å². The lowest BCUT2D eigenvalue weighted by Crippen LogP contribution is -2.38. The van der Waals surface area contributed by atoms with Crippen LogP contribution in [0, 0.1) is 0 Å². The van der Waals surface area contributed by atoms with Crippen LogP contribution >= 0.6 is 0 Å². The van der Waals surface area contributed by atoms with Gasteiger partial charge in [0.25, 0.3) is 11.5 Å². The average molecular weight is 486 g/mol. The summed E-state index contributed by atoms with van der Waals surface area (Å²) in [7, 11) is 1.53. The minimum absolute atomic E-state index is 0.129. The maximum absolute atomic E-state index is 13.7. The van der Waals surface area contributed by atoms with Crippen LogP contribution in [0.2, 0.25) is 0 Å². The van der Waals surface area contributed by atoms with E-state index in [0.29, 0.717) is 60.7 Å². The molecule has 0 aliphatic heterocycles. The molecule has 0 radical (unpaired) electrons. The number of fused-ring (bicyclic) bond motifs is 1. The monoisotopic (exact) mass is 485 g/mol. The van der Waals surface area contributed by atoms with Crippen LogP contribution in [0.5, 0.6) is 5.88 Å². The van der Waals surface area contributed by atoms with E-state index >= 15 is 0 Å². The first kappa shape index (κ1) is 25.1. The van der Waals surface area contributed by atoms with Crippen LogP contribution in [-0.2, 0) is 6.42 Å². The highest BCUT2D eigenvalue weighted by atomic mass is 16.5. The number of benzene rings is 1. The Bertz CT molecular complexity index is 1370. The zero-order valence-electron chi connectivity index (χ0n) is 20.6. The molecule has 4 aromatic rings. The summed E-state index contributed by atoms with van der Waals surface area (Å²) in [5, 5.41) is 0. The topological polar surface area (TPSA) is 103 Å². The summed E-state index contributed by atoms with van der Waals surface area (Å²) < 4.78 is 6.70. The molecule has 0 saturated heterocycles. The number of aromatic nitrogens is 3. The number of carbonyl (C=O) groups is 1. The highest BCUT2D eigenvalue weighted by Gasteiger charge is 2.29. The van der Waals surface area contributed by atoms with Gasteiger partial charge in [-0.2, -0.15) is 0 Å². The van der Waals surface area contributed by atoms with E-state index in [1.165, 1.54) is 13.3 Å². The molecule has 0 bridgehead atoms. The Kier molecular flexibility index (Phi) is 8.07. The fourth-order valence-corrected chi connectivity index (χ4v) is 4.40. The Balaban J connectivity index is 1.85. The van der Waals surface area contributed by atoms with Gasteiger partial charge in [0.15, 0.2) is 0 Å². The minimum Gasteiger partial charge on any atom is -0.481 e. The Morgan fingerprint density at radius 2 is 1.89 bits per heavy atom. The molecule has 3 heterocycles. The third-order valence-corrected chi connectivity index (χ3v) is 6.22. The van der Waals surface area contributed by atoms with Crippen LogP contribution in [0.15, 0.2) is 77.9 Å². The normalized spacial score (nSPS) is 11.9. The summed E-state index contributed by atoms with van der Waals surface area (Å²) in [5.74, 6) is 0.243. The van der Waals surface area contributed by atoms with Gasteiger partial charge in [0.2, 0.25) is 5.88 Å². The van der Waals surface area contributed by atoms with Crippen molar-refractivity contribution in [2.75, 3.05) is 20.2 Å². The van der Waals surface area contributed by atoms with E-state index in [-0.39, 0.29) is 11.5 Å². The minimum atomic E-state index is -0.414. The van der Waals surface area contributed by atoms with Gasteiger partial charge in [0, 0.05) is 37.0 Å². The van der Waals surface area contributed by atoms with Crippen molar-refractivity contribution in [1.29, 1.82) is 0 Å². The molecule has 0 fully saturated rings. The first-order valence-corrected chi connectivity index (χ1v) is 12.1. The lowest BCUT2D eigenvalue weighted by atomic mass is 9.97. The van der Waals surface area contributed by atoms with Crippen LogP contribution in [0.4, 0.5) is 0 Å². The second-order valence-electron chi connectivity index (χ2n) is 8.53. The fraction of sp³-hybridized carbons (Fsp3) is 0.286. The number of methoxy groups -OCH3 is 1. The predicted molar refractivity (Wildman–Crippen MR) is 139 cm³/mol. The summed E-state index contributed by atoms with van der Waals surface area (Å²) in [6.07, 6.45) is 4.85. The van der Waals surface area contributed by atoms with Crippen molar-refractivity contribution in [1.82, 2.24) is 19.3 Å². The van der Waals surface area contributed by atoms with Gasteiger partial charge in [0.1, 0.15) is 5.65 Å². The second kappa shape index (κ2) is 11.6. The molecule has 1 amide bonds. The van der Waals surface area contributed by atoms with Gasteiger partial charge in [-0.3, -0.25) is 14.0 Å². The molecule has 2 N–H and O–H groups in total. The standard InChI is InChI=1S/C28H31N5O3/c1-3-23(32(17-9-15-29)27(34)21-13-14-25(36-2)30-19-21)26-22(18-20-10-5-4-6-11-20)28(35)33-16-8-7-12-24(33)31-26/h4-8,10-14,16,19,23H,3,9,15,17-18,29H2,1-2H3. The summed E-state index contributed by atoms with van der Waals surface area (Å²) in [6.45, 7) is 2.87. The van der Waals surface area contributed by atoms with Gasteiger partial charge in [-0.05, 0) is 43.1 Å². The number of nitrogens with zero attached hydrogens (tertiary/aromatic N) is 4. The van der Waals surface area contributed by atoms with E-state index in [1.54, 1.807) is 27.6 Å². The van der Waals surface area contributed by atoms with Crippen LogP contribution in [0.3, 0.4) is 0 Å². The number of nitrogens with two attached hydrogens (primary N) is 1. The molecule has 0 saturated carbocycles. The first-order chi connectivity index (χ1) is 17.6. The molecule has 3 aromatic heterocycles. The molecule has 0 aliphatic rings. The predicted octanol–water partition coefficient (Wildman–Crippen LogP) is 3.63. The van der Waals surface area contributed by atoms with E-state index in [9.17, 15) is 9.59 Å². The third-order valence-electron chi connectivity index (χ3n) is 6.22. The lowest BCUT2D eigenvalue weighted by molar-refractivity contribution is 0.0663. The number of ether oxygens (including phenoxy) is 1. The van der Waals surface area contributed by atoms with Crippen LogP contribution in [-0.4, -0.2) is 45.4 Å². The molecule has 8 nitrogen and oxygen atoms in total. The summed E-state index contributed by atoms with van der Waals surface area (Å²) in [4.78, 5) is 38.3. The van der Waals surface area contributed by atoms with Crippen molar-refractivity contribution >= 4 is 11.6 Å². The lowest BCUT2D eigenvalue weighted by Gasteiger charge is -2.32. The van der Waals surface area contributed by atoms with E-state index in [2.05, 4.69) is 4.98 Å². The van der Waals surface area contributed by atoms with E-state index in [4.69, 9.17) is 15.5 Å². The van der Waals surface area contributed by atoms with Crippen molar-refractivity contribution in [2.24, 2.45) is 5.73 Å². The maximum atomic E-state index is 13.7. The molecule has 186 valence electrons. The Hall–Kier alpha value is -4.04. The Labute approximate surface area is 210 Å². The molecule has 8 heteroatoms. The summed E-state index contributed by atoms with van der Waals surface area (Å²) in [5.41, 5.74) is 8.88. The van der Waals surface area contributed by atoms with Crippen molar-refractivity contribution in [3.8, 4) is 5.88 Å². The molecular formula is C28H31N5O3. The molecule has 4 rings (SSSR count). The fourth-order valence-electron chi connectivity index (χ4n) is 4.40. The highest BCUT2D eigenvalue weighted by molar-refractivity contribution is 5.94. The van der Waals surface area contributed by atoms with Gasteiger partial charge in [0.05, 0.1) is 24.4 Å². The highest BCUT2D eigenvalue weighted by Crippen LogP contribution is 2.28. The Morgan fingerprint density at radius 1 is 1.11 bits per heavy atom. The molecule has 0 aliphatic carbocycles. The van der Waals surface area contributed by atoms with E-state index in [1.807, 2.05) is 55.5 Å². The Morgan fingerprint density at radius 3 is 2.56 bits per heavy atom. The SMILES string of the molecule is CCC(c1nc2ccccn2c(=O)c1Cc1ccccc1)N(CCCN)C(=O)c1ccc(OC)nc1. The summed E-state index contributed by atoms with van der Waals surface area (Å²) in [6, 6.07) is 18.2. The zero-order valence-corrected chi connectivity index (χ0v) is 20.6. The van der Waals surface area contributed by atoms with Crippen LogP contribution in [0.1, 0.15) is 53.0 Å². The first-order valence-electron chi connectivity index (χ1n) is 12.1. The van der Waals surface area contributed by atoms with Gasteiger partial charge >= 0.3 is 0 Å². The van der Waals surface area contributed by atoms with Crippen LogP contribution in [0.25, 0.3) is 5.65 Å². The molecule has 0 spiro atoms. The third kappa shape index (κ3) is 5.28. The van der Waals surface area contributed by atoms with Gasteiger partial charge in [-0.15, -0.1) is 0 Å². The number of hydrogen-bond acceptors (Lipinski definition) is 6.